The third-order valence-corrected chi connectivity index (χ3v) is 5.72. The van der Waals surface area contributed by atoms with Crippen LogP contribution in [0.15, 0.2) is 45.2 Å². The normalized spacial score (nSPS) is 15.0. The Morgan fingerprint density at radius 2 is 2.11 bits per heavy atom. The molecule has 1 aliphatic rings. The summed E-state index contributed by atoms with van der Waals surface area (Å²) in [7, 11) is 0. The fourth-order valence-corrected chi connectivity index (χ4v) is 4.18. The highest BCUT2D eigenvalue weighted by molar-refractivity contribution is 7.16. The number of aromatic amines is 1. The number of hydrogen-bond acceptors (Lipinski definition) is 7. The Balaban J connectivity index is 1.33. The molecule has 1 N–H and O–H groups in total. The summed E-state index contributed by atoms with van der Waals surface area (Å²) in [6, 6.07) is 8.56. The number of fused-ring (bicyclic) bond motifs is 2. The number of nitrogens with one attached hydrogen (secondary N) is 1. The molecule has 1 aromatic carbocycles. The van der Waals surface area contributed by atoms with Crippen molar-refractivity contribution in [3.63, 3.8) is 0 Å². The van der Waals surface area contributed by atoms with Crippen molar-refractivity contribution in [3.05, 3.63) is 63.3 Å². The van der Waals surface area contributed by atoms with E-state index in [1.54, 1.807) is 17.5 Å². The van der Waals surface area contributed by atoms with Gasteiger partial charge >= 0.3 is 5.76 Å². The zero-order chi connectivity index (χ0) is 18.2. The number of benzene rings is 1. The zero-order valence-corrected chi connectivity index (χ0v) is 15.3. The largest absolute Gasteiger partial charge is 0.434 e. The van der Waals surface area contributed by atoms with Crippen LogP contribution >= 0.6 is 11.3 Å². The topological polar surface area (TPSA) is 87.9 Å². The number of nitrogens with zero attached hydrogens (tertiary/aromatic N) is 4. The molecule has 0 spiro atoms. The highest BCUT2D eigenvalue weighted by atomic mass is 32.1. The summed E-state index contributed by atoms with van der Waals surface area (Å²) >= 11 is 1.67. The molecule has 7 nitrogen and oxygen atoms in total. The second-order valence-electron chi connectivity index (χ2n) is 6.68. The molecule has 0 unspecified atom stereocenters. The van der Waals surface area contributed by atoms with E-state index in [1.165, 1.54) is 15.8 Å². The standard InChI is InChI=1S/C19H17N5O2S/c25-19-23-22-18(26-19)14-8-13-3-5-24(6-4-15(13)20-9-14)10-12-1-2-17-16(7-12)21-11-27-17/h1-2,7-9,11H,3-6,10H2,(H,23,25). The molecule has 4 aromatic rings. The van der Waals surface area contributed by atoms with Crippen LogP contribution in [0.5, 0.6) is 0 Å². The van der Waals surface area contributed by atoms with Crippen molar-refractivity contribution >= 4 is 21.6 Å². The second kappa shape index (κ2) is 6.71. The first kappa shape index (κ1) is 16.3. The molecule has 0 amide bonds. The SMILES string of the molecule is O=c1[nH]nc(-c2cnc3c(c2)CCN(Cc2ccc4scnc4c2)CC3)o1. The maximum absolute atomic E-state index is 11.2. The van der Waals surface area contributed by atoms with Gasteiger partial charge in [0.1, 0.15) is 0 Å². The Labute approximate surface area is 158 Å². The van der Waals surface area contributed by atoms with E-state index in [0.29, 0.717) is 0 Å². The lowest BCUT2D eigenvalue weighted by Crippen LogP contribution is -2.25. The molecule has 5 rings (SSSR count). The molecule has 27 heavy (non-hydrogen) atoms. The van der Waals surface area contributed by atoms with Crippen molar-refractivity contribution in [2.45, 2.75) is 19.4 Å². The Morgan fingerprint density at radius 1 is 1.19 bits per heavy atom. The summed E-state index contributed by atoms with van der Waals surface area (Å²) in [5, 5.41) is 6.18. The molecular weight excluding hydrogens is 362 g/mol. The maximum Gasteiger partial charge on any atom is 0.434 e. The van der Waals surface area contributed by atoms with Crippen molar-refractivity contribution in [3.8, 4) is 11.5 Å². The molecular formula is C19H17N5O2S. The van der Waals surface area contributed by atoms with Gasteiger partial charge in [0.2, 0.25) is 0 Å². The molecule has 0 saturated carbocycles. The Hall–Kier alpha value is -2.84. The zero-order valence-electron chi connectivity index (χ0n) is 14.5. The van der Waals surface area contributed by atoms with Gasteiger partial charge in [-0.1, -0.05) is 6.07 Å². The van der Waals surface area contributed by atoms with Gasteiger partial charge in [-0.05, 0) is 35.7 Å². The van der Waals surface area contributed by atoms with Crippen molar-refractivity contribution in [2.24, 2.45) is 0 Å². The molecule has 0 atom stereocenters. The summed E-state index contributed by atoms with van der Waals surface area (Å²) in [4.78, 5) is 22.6. The molecule has 0 radical (unpaired) electrons. The third kappa shape index (κ3) is 3.29. The monoisotopic (exact) mass is 379 g/mol. The Morgan fingerprint density at radius 3 is 3.00 bits per heavy atom. The van der Waals surface area contributed by atoms with Gasteiger partial charge in [0, 0.05) is 37.9 Å². The summed E-state index contributed by atoms with van der Waals surface area (Å²) in [6.45, 7) is 2.83. The second-order valence-corrected chi connectivity index (χ2v) is 7.57. The number of aromatic nitrogens is 4. The predicted molar refractivity (Wildman–Crippen MR) is 103 cm³/mol. The van der Waals surface area contributed by atoms with Crippen LogP contribution < -0.4 is 5.76 Å². The van der Waals surface area contributed by atoms with Gasteiger partial charge in [-0.15, -0.1) is 16.4 Å². The van der Waals surface area contributed by atoms with E-state index in [2.05, 4.69) is 43.3 Å². The number of H-pyrrole nitrogens is 1. The lowest BCUT2D eigenvalue weighted by atomic mass is 10.1. The summed E-state index contributed by atoms with van der Waals surface area (Å²) in [5.74, 6) is -0.267. The fourth-order valence-electron chi connectivity index (χ4n) is 3.52. The van der Waals surface area contributed by atoms with Gasteiger partial charge in [0.15, 0.2) is 0 Å². The van der Waals surface area contributed by atoms with Crippen molar-refractivity contribution in [1.82, 2.24) is 25.1 Å². The summed E-state index contributed by atoms with van der Waals surface area (Å²) < 4.78 is 6.27. The van der Waals surface area contributed by atoms with Crippen LogP contribution in [-0.4, -0.2) is 38.2 Å². The van der Waals surface area contributed by atoms with Crippen molar-refractivity contribution in [2.75, 3.05) is 13.1 Å². The van der Waals surface area contributed by atoms with E-state index < -0.39 is 5.76 Å². The van der Waals surface area contributed by atoms with Crippen LogP contribution in [0.25, 0.3) is 21.7 Å². The number of thiazole rings is 1. The van der Waals surface area contributed by atoms with Crippen LogP contribution in [0, 0.1) is 0 Å². The van der Waals surface area contributed by atoms with Gasteiger partial charge in [-0.2, -0.15) is 0 Å². The first-order chi connectivity index (χ1) is 13.2. The van der Waals surface area contributed by atoms with E-state index in [4.69, 9.17) is 4.42 Å². The smallest absolute Gasteiger partial charge is 0.388 e. The average molecular weight is 379 g/mol. The lowest BCUT2D eigenvalue weighted by Gasteiger charge is -2.19. The Kier molecular flexibility index (Phi) is 4.06. The van der Waals surface area contributed by atoms with E-state index in [1.807, 2.05) is 11.6 Å². The summed E-state index contributed by atoms with van der Waals surface area (Å²) in [6.07, 6.45) is 3.53. The van der Waals surface area contributed by atoms with Gasteiger partial charge in [-0.25, -0.2) is 14.9 Å². The molecule has 136 valence electrons. The summed E-state index contributed by atoms with van der Waals surface area (Å²) in [5.41, 5.74) is 7.27. The van der Waals surface area contributed by atoms with Crippen LogP contribution in [0.3, 0.4) is 0 Å². The third-order valence-electron chi connectivity index (χ3n) is 4.91. The number of rotatable bonds is 3. The van der Waals surface area contributed by atoms with Crippen molar-refractivity contribution in [1.29, 1.82) is 0 Å². The maximum atomic E-state index is 11.2. The van der Waals surface area contributed by atoms with Crippen LogP contribution in [0.4, 0.5) is 0 Å². The van der Waals surface area contributed by atoms with Crippen LogP contribution in [-0.2, 0) is 19.4 Å². The van der Waals surface area contributed by atoms with Gasteiger partial charge in [0.25, 0.3) is 5.89 Å². The van der Waals surface area contributed by atoms with E-state index in [-0.39, 0.29) is 5.89 Å². The molecule has 4 heterocycles. The van der Waals surface area contributed by atoms with Crippen LogP contribution in [0.1, 0.15) is 16.8 Å². The van der Waals surface area contributed by atoms with Gasteiger partial charge in [0.05, 0.1) is 21.3 Å². The molecule has 1 aliphatic heterocycles. The Bertz CT molecular complexity index is 1160. The highest BCUT2D eigenvalue weighted by Gasteiger charge is 2.17. The van der Waals surface area contributed by atoms with Gasteiger partial charge in [-0.3, -0.25) is 9.88 Å². The molecule has 0 fully saturated rings. The molecule has 3 aromatic heterocycles. The first-order valence-electron chi connectivity index (χ1n) is 8.83. The van der Waals surface area contributed by atoms with E-state index >= 15 is 0 Å². The number of hydrogen-bond donors (Lipinski definition) is 1. The minimum Gasteiger partial charge on any atom is -0.388 e. The minimum absolute atomic E-state index is 0.285. The minimum atomic E-state index is -0.553. The molecule has 8 heteroatoms. The predicted octanol–water partition coefficient (Wildman–Crippen LogP) is 2.64. The van der Waals surface area contributed by atoms with E-state index in [9.17, 15) is 4.79 Å². The van der Waals surface area contributed by atoms with Crippen LogP contribution in [0.2, 0.25) is 0 Å². The molecule has 0 saturated heterocycles. The quantitative estimate of drug-likeness (QED) is 0.589. The lowest BCUT2D eigenvalue weighted by molar-refractivity contribution is 0.279. The van der Waals surface area contributed by atoms with E-state index in [0.717, 1.165) is 49.2 Å². The average Bonchev–Trinajstić information content (AvgIpc) is 3.27. The number of pyridine rings is 1. The van der Waals surface area contributed by atoms with Crippen molar-refractivity contribution < 1.29 is 4.42 Å². The molecule has 0 aliphatic carbocycles. The molecule has 0 bridgehead atoms. The highest BCUT2D eigenvalue weighted by Crippen LogP contribution is 2.23. The first-order valence-corrected chi connectivity index (χ1v) is 9.71. The van der Waals surface area contributed by atoms with Gasteiger partial charge < -0.3 is 4.42 Å². The fraction of sp³-hybridized carbons (Fsp3) is 0.263.